The van der Waals surface area contributed by atoms with Gasteiger partial charge in [0.05, 0.1) is 6.61 Å². The lowest BCUT2D eigenvalue weighted by Gasteiger charge is -2.20. The van der Waals surface area contributed by atoms with Crippen LogP contribution in [0.4, 0.5) is 0 Å². The minimum absolute atomic E-state index is 0.447. The Hall–Kier alpha value is -0.430. The Balaban J connectivity index is 1.86. The molecule has 0 bridgehead atoms. The van der Waals surface area contributed by atoms with E-state index >= 15 is 0 Å². The second-order valence-corrected chi connectivity index (χ2v) is 5.70. The van der Waals surface area contributed by atoms with Gasteiger partial charge in [0.25, 0.3) is 0 Å². The quantitative estimate of drug-likeness (QED) is 0.654. The lowest BCUT2D eigenvalue weighted by molar-refractivity contribution is 0.342. The first kappa shape index (κ1) is 8.84. The first-order chi connectivity index (χ1) is 6.95. The zero-order valence-corrected chi connectivity index (χ0v) is 8.99. The molecule has 0 N–H and O–H groups in total. The Morgan fingerprint density at radius 1 is 1.29 bits per heavy atom. The van der Waals surface area contributed by atoms with E-state index in [0.29, 0.717) is 6.04 Å². The molecule has 1 aromatic carbocycles. The van der Waals surface area contributed by atoms with Crippen LogP contribution in [0.2, 0.25) is 0 Å². The molecule has 0 saturated carbocycles. The molecule has 2 aliphatic rings. The summed E-state index contributed by atoms with van der Waals surface area (Å²) in [7, 11) is -0.447. The van der Waals surface area contributed by atoms with Gasteiger partial charge >= 0.3 is 0 Å². The molecule has 3 rings (SSSR count). The number of nitrogens with zero attached hydrogens (tertiary/aromatic N) is 1. The molecular formula is C11H14NOP. The highest BCUT2D eigenvalue weighted by Crippen LogP contribution is 2.50. The fraction of sp³-hybridized carbons (Fsp3) is 0.455. The van der Waals surface area contributed by atoms with Crippen LogP contribution in [-0.4, -0.2) is 23.9 Å². The topological polar surface area (TPSA) is 12.5 Å². The van der Waals surface area contributed by atoms with E-state index in [1.807, 2.05) is 0 Å². The van der Waals surface area contributed by atoms with Crippen molar-refractivity contribution in [2.45, 2.75) is 18.9 Å². The fourth-order valence-corrected chi connectivity index (χ4v) is 4.37. The lowest BCUT2D eigenvalue weighted by Crippen LogP contribution is -2.22. The highest BCUT2D eigenvalue weighted by molar-refractivity contribution is 7.58. The van der Waals surface area contributed by atoms with E-state index in [4.69, 9.17) is 4.52 Å². The van der Waals surface area contributed by atoms with Gasteiger partial charge in [0, 0.05) is 17.9 Å². The zero-order chi connectivity index (χ0) is 9.38. The van der Waals surface area contributed by atoms with E-state index in [1.165, 1.54) is 24.7 Å². The van der Waals surface area contributed by atoms with E-state index in [9.17, 15) is 0 Å². The standard InChI is InChI=1S/C11H14NOP/c1-2-6-11(7-3-1)14-12-8-4-5-10(12)9-13-14/h1-3,6-7,10H,4-5,8-9H2/t10-,14?/m0/s1. The Morgan fingerprint density at radius 2 is 2.14 bits per heavy atom. The number of fused-ring (bicyclic) bond motifs is 1. The normalized spacial score (nSPS) is 32.0. The van der Waals surface area contributed by atoms with Crippen molar-refractivity contribution < 1.29 is 4.52 Å². The molecule has 0 radical (unpaired) electrons. The maximum absolute atomic E-state index is 5.90. The van der Waals surface area contributed by atoms with Crippen molar-refractivity contribution in [1.29, 1.82) is 0 Å². The molecule has 0 spiro atoms. The number of hydrogen-bond acceptors (Lipinski definition) is 2. The van der Waals surface area contributed by atoms with Gasteiger partial charge in [-0.3, -0.25) is 4.67 Å². The predicted octanol–water partition coefficient (Wildman–Crippen LogP) is 2.12. The molecule has 0 aliphatic carbocycles. The van der Waals surface area contributed by atoms with Gasteiger partial charge in [-0.25, -0.2) is 0 Å². The van der Waals surface area contributed by atoms with Crippen LogP contribution >= 0.6 is 8.30 Å². The Bertz CT molecular complexity index is 316. The monoisotopic (exact) mass is 207 g/mol. The van der Waals surface area contributed by atoms with E-state index < -0.39 is 8.30 Å². The summed E-state index contributed by atoms with van der Waals surface area (Å²) in [6.45, 7) is 2.17. The highest BCUT2D eigenvalue weighted by Gasteiger charge is 2.38. The molecule has 2 nitrogen and oxygen atoms in total. The summed E-state index contributed by atoms with van der Waals surface area (Å²) in [6, 6.07) is 11.4. The van der Waals surface area contributed by atoms with Crippen molar-refractivity contribution in [3.05, 3.63) is 30.3 Å². The van der Waals surface area contributed by atoms with Crippen LogP contribution in [0.5, 0.6) is 0 Å². The number of hydrogen-bond donors (Lipinski definition) is 0. The highest BCUT2D eigenvalue weighted by atomic mass is 31.2. The summed E-state index contributed by atoms with van der Waals surface area (Å²) >= 11 is 0. The van der Waals surface area contributed by atoms with Crippen LogP contribution in [0.3, 0.4) is 0 Å². The van der Waals surface area contributed by atoms with Gasteiger partial charge < -0.3 is 4.52 Å². The third kappa shape index (κ3) is 1.38. The van der Waals surface area contributed by atoms with Crippen molar-refractivity contribution in [3.63, 3.8) is 0 Å². The van der Waals surface area contributed by atoms with Gasteiger partial charge in [0.15, 0.2) is 0 Å². The molecule has 0 amide bonds. The Kier molecular flexibility index (Phi) is 2.28. The molecular weight excluding hydrogens is 193 g/mol. The van der Waals surface area contributed by atoms with Crippen LogP contribution in [-0.2, 0) is 4.52 Å². The van der Waals surface area contributed by atoms with Crippen LogP contribution in [0, 0.1) is 0 Å². The summed E-state index contributed by atoms with van der Waals surface area (Å²) in [6.07, 6.45) is 2.67. The third-order valence-corrected chi connectivity index (χ3v) is 5.07. The molecule has 3 heteroatoms. The van der Waals surface area contributed by atoms with Crippen molar-refractivity contribution in [1.82, 2.24) is 4.67 Å². The van der Waals surface area contributed by atoms with Crippen molar-refractivity contribution in [2.75, 3.05) is 13.2 Å². The zero-order valence-electron chi connectivity index (χ0n) is 8.10. The molecule has 2 saturated heterocycles. The van der Waals surface area contributed by atoms with Crippen molar-refractivity contribution in [2.24, 2.45) is 0 Å². The van der Waals surface area contributed by atoms with Crippen LogP contribution in [0.15, 0.2) is 30.3 Å². The van der Waals surface area contributed by atoms with Gasteiger partial charge in [-0.05, 0) is 12.8 Å². The first-order valence-electron chi connectivity index (χ1n) is 5.20. The molecule has 2 aliphatic heterocycles. The molecule has 1 unspecified atom stereocenters. The lowest BCUT2D eigenvalue weighted by atomic mass is 10.2. The molecule has 0 aromatic heterocycles. The smallest absolute Gasteiger partial charge is 0.137 e. The maximum atomic E-state index is 5.90. The molecule has 14 heavy (non-hydrogen) atoms. The summed E-state index contributed by atoms with van der Waals surface area (Å²) in [5.74, 6) is 0. The van der Waals surface area contributed by atoms with Gasteiger partial charge in [-0.15, -0.1) is 0 Å². The second-order valence-electron chi connectivity index (χ2n) is 3.86. The van der Waals surface area contributed by atoms with E-state index in [2.05, 4.69) is 35.0 Å². The van der Waals surface area contributed by atoms with Crippen LogP contribution < -0.4 is 5.30 Å². The van der Waals surface area contributed by atoms with Gasteiger partial charge in [0.1, 0.15) is 8.30 Å². The molecule has 2 fully saturated rings. The largest absolute Gasteiger partial charge is 0.338 e. The Labute approximate surface area is 85.8 Å². The number of benzene rings is 1. The van der Waals surface area contributed by atoms with Crippen LogP contribution in [0.25, 0.3) is 0 Å². The van der Waals surface area contributed by atoms with E-state index in [-0.39, 0.29) is 0 Å². The molecule has 1 aromatic rings. The second kappa shape index (κ2) is 3.62. The van der Waals surface area contributed by atoms with E-state index in [0.717, 1.165) is 6.61 Å². The van der Waals surface area contributed by atoms with Gasteiger partial charge in [0.2, 0.25) is 0 Å². The third-order valence-electron chi connectivity index (χ3n) is 2.95. The molecule has 2 atom stereocenters. The summed E-state index contributed by atoms with van der Waals surface area (Å²) < 4.78 is 8.46. The SMILES string of the molecule is c1ccc(P2OC[C@@H]3CCCN32)cc1. The minimum Gasteiger partial charge on any atom is -0.338 e. The van der Waals surface area contributed by atoms with Crippen molar-refractivity contribution in [3.8, 4) is 0 Å². The predicted molar refractivity (Wildman–Crippen MR) is 58.7 cm³/mol. The van der Waals surface area contributed by atoms with Gasteiger partial charge in [-0.2, -0.15) is 0 Å². The summed E-state index contributed by atoms with van der Waals surface area (Å²) in [5, 5.41) is 1.37. The average Bonchev–Trinajstić information content (AvgIpc) is 2.79. The maximum Gasteiger partial charge on any atom is 0.137 e. The molecule has 74 valence electrons. The van der Waals surface area contributed by atoms with Crippen LogP contribution in [0.1, 0.15) is 12.8 Å². The average molecular weight is 207 g/mol. The summed E-state index contributed by atoms with van der Waals surface area (Å²) in [5.41, 5.74) is 0. The fourth-order valence-electron chi connectivity index (χ4n) is 2.24. The molecule has 2 heterocycles. The minimum atomic E-state index is -0.447. The van der Waals surface area contributed by atoms with Crippen molar-refractivity contribution >= 4 is 13.6 Å². The number of rotatable bonds is 1. The van der Waals surface area contributed by atoms with E-state index in [1.54, 1.807) is 0 Å². The van der Waals surface area contributed by atoms with Gasteiger partial charge in [-0.1, -0.05) is 30.3 Å². The summed E-state index contributed by atoms with van der Waals surface area (Å²) in [4.78, 5) is 0. The Morgan fingerprint density at radius 3 is 3.00 bits per heavy atom. The first-order valence-corrected chi connectivity index (χ1v) is 6.41.